The number of amides is 2. The van der Waals surface area contributed by atoms with Gasteiger partial charge in [0, 0.05) is 26.2 Å². The van der Waals surface area contributed by atoms with E-state index >= 15 is 0 Å². The maximum absolute atomic E-state index is 12.0. The third-order valence-corrected chi connectivity index (χ3v) is 3.79. The van der Waals surface area contributed by atoms with Gasteiger partial charge in [-0.15, -0.1) is 0 Å². The summed E-state index contributed by atoms with van der Waals surface area (Å²) in [7, 11) is 7.29. The zero-order chi connectivity index (χ0) is 13.9. The number of urea groups is 1. The highest BCUT2D eigenvalue weighted by Crippen LogP contribution is 2.36. The molecule has 0 unspecified atom stereocenters. The van der Waals surface area contributed by atoms with E-state index in [0.29, 0.717) is 6.54 Å². The fourth-order valence-corrected chi connectivity index (χ4v) is 2.40. The van der Waals surface area contributed by atoms with E-state index in [0.717, 1.165) is 12.8 Å². The van der Waals surface area contributed by atoms with Crippen molar-refractivity contribution in [3.63, 3.8) is 0 Å². The highest BCUT2D eigenvalue weighted by molar-refractivity contribution is 5.79. The van der Waals surface area contributed by atoms with E-state index in [1.54, 1.807) is 11.9 Å². The first-order chi connectivity index (χ1) is 8.28. The predicted octanol–water partition coefficient (Wildman–Crippen LogP) is 0.539. The molecule has 0 atom stereocenters. The zero-order valence-corrected chi connectivity index (χ0v) is 11.6. The minimum Gasteiger partial charge on any atom is -0.480 e. The molecule has 104 valence electrons. The number of hydrogen-bond acceptors (Lipinski definition) is 3. The quantitative estimate of drug-likeness (QED) is 0.780. The van der Waals surface area contributed by atoms with Crippen molar-refractivity contribution in [2.45, 2.75) is 24.8 Å². The van der Waals surface area contributed by atoms with Crippen LogP contribution in [0.4, 0.5) is 4.79 Å². The summed E-state index contributed by atoms with van der Waals surface area (Å²) in [5.74, 6) is -0.995. The molecule has 0 radical (unpaired) electrons. The van der Waals surface area contributed by atoms with Gasteiger partial charge in [-0.2, -0.15) is 0 Å². The molecule has 6 heteroatoms. The number of hydrogen-bond donors (Lipinski definition) is 1. The Morgan fingerprint density at radius 3 is 2.00 bits per heavy atom. The van der Waals surface area contributed by atoms with Crippen LogP contribution in [-0.4, -0.2) is 78.6 Å². The summed E-state index contributed by atoms with van der Waals surface area (Å²) in [6, 6.07) is -0.245. The van der Waals surface area contributed by atoms with Crippen LogP contribution in [0.1, 0.15) is 19.3 Å². The monoisotopic (exact) mass is 257 g/mol. The average Bonchev–Trinajstić information content (AvgIpc) is 2.20. The number of carboxylic acids is 1. The van der Waals surface area contributed by atoms with Gasteiger partial charge in [0.15, 0.2) is 0 Å². The van der Waals surface area contributed by atoms with Gasteiger partial charge in [-0.1, -0.05) is 0 Å². The molecule has 0 aromatic heterocycles. The van der Waals surface area contributed by atoms with E-state index in [1.807, 2.05) is 14.1 Å². The molecule has 1 rings (SSSR count). The van der Waals surface area contributed by atoms with Crippen LogP contribution in [0.25, 0.3) is 0 Å². The average molecular weight is 257 g/mol. The molecule has 0 bridgehead atoms. The molecule has 0 heterocycles. The van der Waals surface area contributed by atoms with E-state index in [-0.39, 0.29) is 18.1 Å². The van der Waals surface area contributed by atoms with E-state index in [2.05, 4.69) is 4.90 Å². The van der Waals surface area contributed by atoms with Crippen LogP contribution in [0.5, 0.6) is 0 Å². The molecule has 1 fully saturated rings. The number of rotatable bonds is 5. The van der Waals surface area contributed by atoms with Crippen molar-refractivity contribution in [3.8, 4) is 0 Å². The van der Waals surface area contributed by atoms with Crippen molar-refractivity contribution < 1.29 is 14.7 Å². The summed E-state index contributed by atoms with van der Waals surface area (Å²) in [4.78, 5) is 27.6. The Morgan fingerprint density at radius 2 is 1.67 bits per heavy atom. The van der Waals surface area contributed by atoms with Crippen molar-refractivity contribution in [2.75, 3.05) is 41.3 Å². The van der Waals surface area contributed by atoms with Crippen LogP contribution >= 0.6 is 0 Å². The fourth-order valence-electron chi connectivity index (χ4n) is 2.40. The maximum Gasteiger partial charge on any atom is 0.323 e. The Balaban J connectivity index is 2.56. The molecule has 6 nitrogen and oxygen atoms in total. The number of carbonyl (C=O) groups excluding carboxylic acids is 1. The lowest BCUT2D eigenvalue weighted by atomic mass is 9.75. The maximum atomic E-state index is 12.0. The first kappa shape index (κ1) is 14.8. The first-order valence-corrected chi connectivity index (χ1v) is 6.14. The van der Waals surface area contributed by atoms with E-state index < -0.39 is 5.97 Å². The van der Waals surface area contributed by atoms with Gasteiger partial charge in [0.05, 0.1) is 0 Å². The highest BCUT2D eigenvalue weighted by Gasteiger charge is 2.41. The van der Waals surface area contributed by atoms with Crippen molar-refractivity contribution in [2.24, 2.45) is 0 Å². The van der Waals surface area contributed by atoms with Gasteiger partial charge in [0.1, 0.15) is 6.54 Å². The lowest BCUT2D eigenvalue weighted by molar-refractivity contribution is -0.137. The van der Waals surface area contributed by atoms with E-state index in [1.165, 1.54) is 18.4 Å². The van der Waals surface area contributed by atoms with Crippen LogP contribution < -0.4 is 0 Å². The third kappa shape index (κ3) is 3.13. The number of aliphatic carboxylic acids is 1. The van der Waals surface area contributed by atoms with Crippen LogP contribution in [0.2, 0.25) is 0 Å². The molecule has 1 aliphatic carbocycles. The Labute approximate surface area is 108 Å². The molecule has 1 aliphatic rings. The molecular formula is C12H23N3O3. The molecule has 18 heavy (non-hydrogen) atoms. The molecule has 1 N–H and O–H groups in total. The molecule has 0 saturated heterocycles. The minimum atomic E-state index is -0.995. The Kier molecular flexibility index (Phi) is 4.56. The molecule has 0 aliphatic heterocycles. The lowest BCUT2D eigenvalue weighted by Gasteiger charge is -2.49. The summed E-state index contributed by atoms with van der Waals surface area (Å²) in [5.41, 5.74) is 0.0640. The summed E-state index contributed by atoms with van der Waals surface area (Å²) < 4.78 is 0. The molecular weight excluding hydrogens is 234 g/mol. The van der Waals surface area contributed by atoms with Gasteiger partial charge in [-0.3, -0.25) is 4.79 Å². The van der Waals surface area contributed by atoms with Crippen molar-refractivity contribution in [3.05, 3.63) is 0 Å². The largest absolute Gasteiger partial charge is 0.480 e. The van der Waals surface area contributed by atoms with Crippen molar-refractivity contribution in [1.82, 2.24) is 14.7 Å². The second kappa shape index (κ2) is 5.56. The summed E-state index contributed by atoms with van der Waals surface area (Å²) in [5, 5.41) is 8.67. The zero-order valence-electron chi connectivity index (χ0n) is 11.6. The lowest BCUT2D eigenvalue weighted by Crippen LogP contribution is -2.58. The number of nitrogens with zero attached hydrogens (tertiary/aromatic N) is 3. The van der Waals surface area contributed by atoms with Crippen LogP contribution in [0.3, 0.4) is 0 Å². The fraction of sp³-hybridized carbons (Fsp3) is 0.833. The smallest absolute Gasteiger partial charge is 0.323 e. The second-order valence-electron chi connectivity index (χ2n) is 5.36. The highest BCUT2D eigenvalue weighted by atomic mass is 16.4. The predicted molar refractivity (Wildman–Crippen MR) is 68.6 cm³/mol. The SMILES string of the molecule is CN(CC(=O)O)C(=O)N(C)CC1(N(C)C)CCC1. The minimum absolute atomic E-state index is 0.0640. The molecule has 0 aromatic carbocycles. The molecule has 0 spiro atoms. The van der Waals surface area contributed by atoms with Gasteiger partial charge >= 0.3 is 12.0 Å². The topological polar surface area (TPSA) is 64.1 Å². The third-order valence-electron chi connectivity index (χ3n) is 3.79. The van der Waals surface area contributed by atoms with Gasteiger partial charge in [-0.05, 0) is 33.4 Å². The van der Waals surface area contributed by atoms with E-state index in [9.17, 15) is 9.59 Å². The van der Waals surface area contributed by atoms with Crippen LogP contribution in [-0.2, 0) is 4.79 Å². The Bertz CT molecular complexity index is 327. The van der Waals surface area contributed by atoms with Gasteiger partial charge in [-0.25, -0.2) is 4.79 Å². The van der Waals surface area contributed by atoms with Gasteiger partial charge in [0.25, 0.3) is 0 Å². The number of likely N-dealkylation sites (N-methyl/N-ethyl adjacent to an activating group) is 3. The Morgan fingerprint density at radius 1 is 1.11 bits per heavy atom. The van der Waals surface area contributed by atoms with E-state index in [4.69, 9.17) is 5.11 Å². The summed E-state index contributed by atoms with van der Waals surface area (Å²) in [6.07, 6.45) is 3.35. The van der Waals surface area contributed by atoms with Crippen LogP contribution in [0.15, 0.2) is 0 Å². The molecule has 0 aromatic rings. The molecule has 2 amide bonds. The normalized spacial score (nSPS) is 17.2. The Hall–Kier alpha value is -1.30. The van der Waals surface area contributed by atoms with Crippen LogP contribution in [0, 0.1) is 0 Å². The van der Waals surface area contributed by atoms with Crippen molar-refractivity contribution >= 4 is 12.0 Å². The first-order valence-electron chi connectivity index (χ1n) is 6.14. The summed E-state index contributed by atoms with van der Waals surface area (Å²) in [6.45, 7) is 0.376. The van der Waals surface area contributed by atoms with Crippen molar-refractivity contribution in [1.29, 1.82) is 0 Å². The van der Waals surface area contributed by atoms with Gasteiger partial charge in [0.2, 0.25) is 0 Å². The second-order valence-corrected chi connectivity index (χ2v) is 5.36. The summed E-state index contributed by atoms with van der Waals surface area (Å²) >= 11 is 0. The number of carbonyl (C=O) groups is 2. The van der Waals surface area contributed by atoms with Gasteiger partial charge < -0.3 is 19.8 Å². The number of carboxylic acid groups (broad SMARTS) is 1. The standard InChI is InChI=1S/C12H23N3O3/c1-13(2)12(6-5-7-12)9-15(4)11(18)14(3)8-10(16)17/h5-9H2,1-4H3,(H,16,17). The molecule has 1 saturated carbocycles.